The Morgan fingerprint density at radius 3 is 2.73 bits per heavy atom. The fraction of sp³-hybridized carbons (Fsp3) is 0.500. The van der Waals surface area contributed by atoms with Crippen molar-refractivity contribution in [3.63, 3.8) is 0 Å². The molecule has 3 heterocycles. The van der Waals surface area contributed by atoms with Gasteiger partial charge in [-0.25, -0.2) is 17.9 Å². The van der Waals surface area contributed by atoms with Crippen molar-refractivity contribution >= 4 is 21.4 Å². The molecule has 1 unspecified atom stereocenters. The number of amides is 1. The second kappa shape index (κ2) is 4.77. The number of carbonyl (C=O) groups is 1. The van der Waals surface area contributed by atoms with Crippen molar-refractivity contribution in [2.24, 2.45) is 0 Å². The summed E-state index contributed by atoms with van der Waals surface area (Å²) in [5, 5.41) is 7.11. The number of aryl methyl sites for hydroxylation is 2. The Hall–Kier alpha value is -1.96. The van der Waals surface area contributed by atoms with Gasteiger partial charge in [0.1, 0.15) is 5.69 Å². The molecule has 8 heteroatoms. The summed E-state index contributed by atoms with van der Waals surface area (Å²) in [6.07, 6.45) is 0.425. The van der Waals surface area contributed by atoms with Gasteiger partial charge in [-0.05, 0) is 33.3 Å². The van der Waals surface area contributed by atoms with Crippen LogP contribution in [0.5, 0.6) is 0 Å². The maximum absolute atomic E-state index is 12.4. The standard InChI is InChI=1S/C14H18N4O3S/c1-9-6-12-15-11(7-10(2)18(12)17-9)13(19)16-14(3)4-5-22(20,21)8-14/h6-7H,4-5,8H2,1-3H3,(H,16,19). The quantitative estimate of drug-likeness (QED) is 0.876. The number of nitrogens with one attached hydrogen (secondary N) is 1. The van der Waals surface area contributed by atoms with E-state index in [9.17, 15) is 13.2 Å². The topological polar surface area (TPSA) is 93.4 Å². The molecule has 2 aromatic rings. The monoisotopic (exact) mass is 322 g/mol. The molecule has 22 heavy (non-hydrogen) atoms. The van der Waals surface area contributed by atoms with Gasteiger partial charge in [0.05, 0.1) is 22.7 Å². The normalized spacial score (nSPS) is 23.8. The lowest BCUT2D eigenvalue weighted by atomic mass is 10.0. The number of aromatic nitrogens is 3. The van der Waals surface area contributed by atoms with Gasteiger partial charge in [0.25, 0.3) is 5.91 Å². The first-order valence-electron chi connectivity index (χ1n) is 7.04. The molecule has 1 N–H and O–H groups in total. The van der Waals surface area contributed by atoms with Gasteiger partial charge in [0.15, 0.2) is 15.5 Å². The Labute approximate surface area is 128 Å². The average Bonchev–Trinajstić information content (AvgIpc) is 2.89. The molecule has 0 spiro atoms. The summed E-state index contributed by atoms with van der Waals surface area (Å²) in [6.45, 7) is 5.46. The molecule has 0 saturated carbocycles. The summed E-state index contributed by atoms with van der Waals surface area (Å²) in [4.78, 5) is 16.7. The van der Waals surface area contributed by atoms with Crippen LogP contribution in [0.4, 0.5) is 0 Å². The Morgan fingerprint density at radius 1 is 1.36 bits per heavy atom. The van der Waals surface area contributed by atoms with E-state index < -0.39 is 15.4 Å². The van der Waals surface area contributed by atoms with Crippen molar-refractivity contribution in [3.8, 4) is 0 Å². The van der Waals surface area contributed by atoms with Crippen LogP contribution in [0, 0.1) is 13.8 Å². The molecule has 2 aromatic heterocycles. The van der Waals surface area contributed by atoms with E-state index in [1.54, 1.807) is 23.6 Å². The molecule has 1 fully saturated rings. The van der Waals surface area contributed by atoms with Gasteiger partial charge in [-0.15, -0.1) is 0 Å². The predicted octanol–water partition coefficient (Wildman–Crippen LogP) is 0.653. The summed E-state index contributed by atoms with van der Waals surface area (Å²) in [5.74, 6) is -0.278. The largest absolute Gasteiger partial charge is 0.344 e. The van der Waals surface area contributed by atoms with Crippen LogP contribution in [-0.2, 0) is 9.84 Å². The number of hydrogen-bond donors (Lipinski definition) is 1. The molecule has 0 bridgehead atoms. The van der Waals surface area contributed by atoms with Crippen LogP contribution in [-0.4, -0.2) is 46.0 Å². The molecule has 0 aliphatic carbocycles. The number of hydrogen-bond acceptors (Lipinski definition) is 5. The van der Waals surface area contributed by atoms with Gasteiger partial charge in [-0.1, -0.05) is 0 Å². The van der Waals surface area contributed by atoms with E-state index in [1.165, 1.54) is 0 Å². The summed E-state index contributed by atoms with van der Waals surface area (Å²) in [5.41, 5.74) is 1.77. The highest BCUT2D eigenvalue weighted by Crippen LogP contribution is 2.23. The van der Waals surface area contributed by atoms with Crippen molar-refractivity contribution in [1.82, 2.24) is 19.9 Å². The first kappa shape index (κ1) is 15.0. The van der Waals surface area contributed by atoms with Gasteiger partial charge < -0.3 is 5.32 Å². The van der Waals surface area contributed by atoms with E-state index in [0.29, 0.717) is 12.1 Å². The minimum absolute atomic E-state index is 0.0290. The van der Waals surface area contributed by atoms with Crippen LogP contribution in [0.15, 0.2) is 12.1 Å². The van der Waals surface area contributed by atoms with Crippen LogP contribution in [0.1, 0.15) is 35.2 Å². The molecule has 1 amide bonds. The molecule has 7 nitrogen and oxygen atoms in total. The number of nitrogens with zero attached hydrogens (tertiary/aromatic N) is 3. The molecule has 1 atom stereocenters. The van der Waals surface area contributed by atoms with Gasteiger partial charge in [0.2, 0.25) is 0 Å². The van der Waals surface area contributed by atoms with Gasteiger partial charge in [-0.3, -0.25) is 4.79 Å². The molecule has 0 aromatic carbocycles. The van der Waals surface area contributed by atoms with Crippen LogP contribution >= 0.6 is 0 Å². The molecule has 118 valence electrons. The summed E-state index contributed by atoms with van der Waals surface area (Å²) in [7, 11) is -3.07. The SMILES string of the molecule is Cc1cc2nc(C(=O)NC3(C)CCS(=O)(=O)C3)cc(C)n2n1. The maximum atomic E-state index is 12.4. The average molecular weight is 322 g/mol. The van der Waals surface area contributed by atoms with Crippen molar-refractivity contribution < 1.29 is 13.2 Å². The zero-order valence-corrected chi connectivity index (χ0v) is 13.6. The fourth-order valence-electron chi connectivity index (χ4n) is 2.80. The lowest BCUT2D eigenvalue weighted by Gasteiger charge is -2.23. The van der Waals surface area contributed by atoms with Crippen LogP contribution < -0.4 is 5.32 Å². The molecule has 1 aliphatic rings. The Kier molecular flexibility index (Phi) is 3.24. The van der Waals surface area contributed by atoms with Gasteiger partial charge in [0, 0.05) is 11.8 Å². The zero-order valence-electron chi connectivity index (χ0n) is 12.8. The van der Waals surface area contributed by atoms with Crippen molar-refractivity contribution in [2.45, 2.75) is 32.7 Å². The minimum atomic E-state index is -3.07. The highest BCUT2D eigenvalue weighted by atomic mass is 32.2. The van der Waals surface area contributed by atoms with E-state index in [2.05, 4.69) is 15.4 Å². The number of sulfone groups is 1. The van der Waals surface area contributed by atoms with Crippen molar-refractivity contribution in [2.75, 3.05) is 11.5 Å². The lowest BCUT2D eigenvalue weighted by Crippen LogP contribution is -2.47. The lowest BCUT2D eigenvalue weighted by molar-refractivity contribution is 0.0910. The number of rotatable bonds is 2. The molecular formula is C14H18N4O3S. The number of carbonyl (C=O) groups excluding carboxylic acids is 1. The van der Waals surface area contributed by atoms with E-state index in [-0.39, 0.29) is 23.1 Å². The van der Waals surface area contributed by atoms with Crippen LogP contribution in [0.25, 0.3) is 5.65 Å². The van der Waals surface area contributed by atoms with E-state index in [0.717, 1.165) is 11.4 Å². The fourth-order valence-corrected chi connectivity index (χ4v) is 4.90. The van der Waals surface area contributed by atoms with E-state index >= 15 is 0 Å². The van der Waals surface area contributed by atoms with E-state index in [4.69, 9.17) is 0 Å². The first-order chi connectivity index (χ1) is 10.2. The van der Waals surface area contributed by atoms with Crippen LogP contribution in [0.3, 0.4) is 0 Å². The van der Waals surface area contributed by atoms with E-state index in [1.807, 2.05) is 13.8 Å². The second-order valence-electron chi connectivity index (χ2n) is 6.20. The molecular weight excluding hydrogens is 304 g/mol. The summed E-state index contributed by atoms with van der Waals surface area (Å²) >= 11 is 0. The van der Waals surface area contributed by atoms with Crippen molar-refractivity contribution in [3.05, 3.63) is 29.2 Å². The summed E-state index contributed by atoms with van der Waals surface area (Å²) < 4.78 is 24.9. The number of fused-ring (bicyclic) bond motifs is 1. The zero-order chi connectivity index (χ0) is 16.1. The highest BCUT2D eigenvalue weighted by Gasteiger charge is 2.39. The first-order valence-corrected chi connectivity index (χ1v) is 8.87. The predicted molar refractivity (Wildman–Crippen MR) is 81.6 cm³/mol. The highest BCUT2D eigenvalue weighted by molar-refractivity contribution is 7.91. The third-order valence-corrected chi connectivity index (χ3v) is 5.78. The molecule has 1 aliphatic heterocycles. The Morgan fingerprint density at radius 2 is 2.09 bits per heavy atom. The van der Waals surface area contributed by atoms with Gasteiger partial charge >= 0.3 is 0 Å². The third-order valence-electron chi connectivity index (χ3n) is 3.88. The van der Waals surface area contributed by atoms with Gasteiger partial charge in [-0.2, -0.15) is 5.10 Å². The molecule has 1 saturated heterocycles. The Balaban J connectivity index is 1.89. The minimum Gasteiger partial charge on any atom is -0.344 e. The smallest absolute Gasteiger partial charge is 0.270 e. The maximum Gasteiger partial charge on any atom is 0.270 e. The third kappa shape index (κ3) is 2.70. The van der Waals surface area contributed by atoms with Crippen molar-refractivity contribution in [1.29, 1.82) is 0 Å². The molecule has 0 radical (unpaired) electrons. The summed E-state index contributed by atoms with van der Waals surface area (Å²) in [6, 6.07) is 3.45. The van der Waals surface area contributed by atoms with Crippen LogP contribution in [0.2, 0.25) is 0 Å². The Bertz CT molecular complexity index is 872. The molecule has 3 rings (SSSR count). The second-order valence-corrected chi connectivity index (χ2v) is 8.38.